The van der Waals surface area contributed by atoms with Crippen molar-refractivity contribution in [1.82, 2.24) is 10.2 Å². The lowest BCUT2D eigenvalue weighted by molar-refractivity contribution is -0.168. The van der Waals surface area contributed by atoms with Gasteiger partial charge in [-0.2, -0.15) is 0 Å². The zero-order valence-corrected chi connectivity index (χ0v) is 12.4. The summed E-state index contributed by atoms with van der Waals surface area (Å²) in [5.74, 6) is -3.51. The lowest BCUT2D eigenvalue weighted by Gasteiger charge is -2.46. The molecular formula is C15H18F2N2O3. The van der Waals surface area contributed by atoms with Crippen molar-refractivity contribution in [2.24, 2.45) is 0 Å². The molecule has 0 unspecified atom stereocenters. The topological polar surface area (TPSA) is 58.6 Å². The highest BCUT2D eigenvalue weighted by Gasteiger charge is 2.62. The van der Waals surface area contributed by atoms with Gasteiger partial charge in [-0.3, -0.25) is 4.79 Å². The molecule has 0 aliphatic heterocycles. The molecular weight excluding hydrogens is 294 g/mol. The van der Waals surface area contributed by atoms with Gasteiger partial charge in [0.2, 0.25) is 5.91 Å². The van der Waals surface area contributed by atoms with E-state index < -0.39 is 36.3 Å². The number of nitrogens with zero attached hydrogens (tertiary/aromatic N) is 1. The first kappa shape index (κ1) is 16.2. The molecule has 5 nitrogen and oxygen atoms in total. The van der Waals surface area contributed by atoms with Crippen LogP contribution in [0.3, 0.4) is 0 Å². The van der Waals surface area contributed by atoms with Crippen LogP contribution in [0.5, 0.6) is 0 Å². The van der Waals surface area contributed by atoms with Crippen LogP contribution in [0.2, 0.25) is 0 Å². The number of carbonyl (C=O) groups excluding carboxylic acids is 2. The molecule has 1 aromatic rings. The van der Waals surface area contributed by atoms with Gasteiger partial charge < -0.3 is 15.0 Å². The normalized spacial score (nSPS) is 18.0. The number of benzene rings is 1. The largest absolute Gasteiger partial charge is 0.445 e. The van der Waals surface area contributed by atoms with Crippen LogP contribution in [-0.4, -0.2) is 42.5 Å². The second-order valence-corrected chi connectivity index (χ2v) is 5.68. The Morgan fingerprint density at radius 3 is 2.32 bits per heavy atom. The van der Waals surface area contributed by atoms with Crippen LogP contribution in [0.4, 0.5) is 13.6 Å². The van der Waals surface area contributed by atoms with Crippen molar-refractivity contribution in [1.29, 1.82) is 0 Å². The highest BCUT2D eigenvalue weighted by molar-refractivity contribution is 5.91. The average Bonchev–Trinajstić information content (AvgIpc) is 2.43. The van der Waals surface area contributed by atoms with Crippen LogP contribution in [0.1, 0.15) is 18.4 Å². The van der Waals surface area contributed by atoms with Gasteiger partial charge in [-0.1, -0.05) is 30.3 Å². The molecule has 1 aromatic carbocycles. The number of nitrogens with one attached hydrogen (secondary N) is 1. The van der Waals surface area contributed by atoms with Gasteiger partial charge in [-0.15, -0.1) is 0 Å². The summed E-state index contributed by atoms with van der Waals surface area (Å²) in [6.45, 7) is 0.00923. The van der Waals surface area contributed by atoms with E-state index in [-0.39, 0.29) is 6.61 Å². The Labute approximate surface area is 127 Å². The van der Waals surface area contributed by atoms with Gasteiger partial charge in [0, 0.05) is 26.9 Å². The maximum atomic E-state index is 13.2. The van der Waals surface area contributed by atoms with E-state index in [9.17, 15) is 18.4 Å². The quantitative estimate of drug-likeness (QED) is 0.927. The standard InChI is InChI=1S/C15H18F2N2O3/c1-19(2)12(20)14(9-15(16,17)10-14)18-13(21)22-8-11-6-4-3-5-7-11/h3-7H,8-10H2,1-2H3,(H,18,21). The van der Waals surface area contributed by atoms with Crippen LogP contribution in [0, 0.1) is 0 Å². The molecule has 120 valence electrons. The Balaban J connectivity index is 1.96. The summed E-state index contributed by atoms with van der Waals surface area (Å²) in [6, 6.07) is 8.95. The number of amides is 2. The van der Waals surface area contributed by atoms with E-state index in [4.69, 9.17) is 4.74 Å². The van der Waals surface area contributed by atoms with Crippen LogP contribution in [0.15, 0.2) is 30.3 Å². The fourth-order valence-electron chi connectivity index (χ4n) is 2.51. The summed E-state index contributed by atoms with van der Waals surface area (Å²) in [5.41, 5.74) is -0.814. The maximum Gasteiger partial charge on any atom is 0.408 e. The van der Waals surface area contributed by atoms with Crippen LogP contribution < -0.4 is 5.32 Å². The fourth-order valence-corrected chi connectivity index (χ4v) is 2.51. The van der Waals surface area contributed by atoms with Crippen molar-refractivity contribution >= 4 is 12.0 Å². The summed E-state index contributed by atoms with van der Waals surface area (Å²) in [5, 5.41) is 2.30. The third-order valence-corrected chi connectivity index (χ3v) is 3.49. The molecule has 1 saturated carbocycles. The lowest BCUT2D eigenvalue weighted by atomic mass is 9.72. The summed E-state index contributed by atoms with van der Waals surface area (Å²) in [4.78, 5) is 25.1. The van der Waals surface area contributed by atoms with E-state index in [1.54, 1.807) is 24.3 Å². The number of hydrogen-bond acceptors (Lipinski definition) is 3. The summed E-state index contributed by atoms with van der Waals surface area (Å²) in [7, 11) is 2.91. The molecule has 1 aliphatic carbocycles. The molecule has 1 fully saturated rings. The predicted octanol–water partition coefficient (Wildman–Crippen LogP) is 2.17. The van der Waals surface area contributed by atoms with Crippen molar-refractivity contribution in [3.8, 4) is 0 Å². The molecule has 22 heavy (non-hydrogen) atoms. The van der Waals surface area contributed by atoms with E-state index in [0.29, 0.717) is 0 Å². The van der Waals surface area contributed by atoms with Crippen molar-refractivity contribution < 1.29 is 23.1 Å². The zero-order chi connectivity index (χ0) is 16.4. The smallest absolute Gasteiger partial charge is 0.408 e. The number of carbonyl (C=O) groups is 2. The molecule has 0 radical (unpaired) electrons. The minimum absolute atomic E-state index is 0.00923. The van der Waals surface area contributed by atoms with Crippen LogP contribution >= 0.6 is 0 Å². The number of alkyl halides is 2. The SMILES string of the molecule is CN(C)C(=O)C1(NC(=O)OCc2ccccc2)CC(F)(F)C1. The number of halogens is 2. The first-order chi connectivity index (χ1) is 10.2. The Morgan fingerprint density at radius 2 is 1.82 bits per heavy atom. The van der Waals surface area contributed by atoms with Gasteiger partial charge in [0.15, 0.2) is 0 Å². The third kappa shape index (κ3) is 3.52. The van der Waals surface area contributed by atoms with Crippen molar-refractivity contribution in [3.63, 3.8) is 0 Å². The zero-order valence-electron chi connectivity index (χ0n) is 12.4. The Kier molecular flexibility index (Phi) is 4.35. The predicted molar refractivity (Wildman–Crippen MR) is 75.4 cm³/mol. The van der Waals surface area contributed by atoms with E-state index in [0.717, 1.165) is 5.56 Å². The number of hydrogen-bond donors (Lipinski definition) is 1. The number of ether oxygens (including phenoxy) is 1. The third-order valence-electron chi connectivity index (χ3n) is 3.49. The second-order valence-electron chi connectivity index (χ2n) is 5.68. The summed E-state index contributed by atoms with van der Waals surface area (Å²) in [6.07, 6.45) is -2.30. The summed E-state index contributed by atoms with van der Waals surface area (Å²) < 4.78 is 31.4. The molecule has 0 bridgehead atoms. The van der Waals surface area contributed by atoms with Gasteiger partial charge in [-0.25, -0.2) is 13.6 Å². The van der Waals surface area contributed by atoms with Crippen LogP contribution in [-0.2, 0) is 16.1 Å². The van der Waals surface area contributed by atoms with E-state index >= 15 is 0 Å². The number of rotatable bonds is 4. The highest BCUT2D eigenvalue weighted by atomic mass is 19.3. The molecule has 7 heteroatoms. The van der Waals surface area contributed by atoms with Gasteiger partial charge in [0.25, 0.3) is 5.92 Å². The van der Waals surface area contributed by atoms with E-state index in [2.05, 4.69) is 5.32 Å². The Hall–Kier alpha value is -2.18. The molecule has 0 atom stereocenters. The molecule has 0 heterocycles. The van der Waals surface area contributed by atoms with Crippen molar-refractivity contribution in [2.45, 2.75) is 30.9 Å². The van der Waals surface area contributed by atoms with E-state index in [1.165, 1.54) is 19.0 Å². The maximum absolute atomic E-state index is 13.2. The first-order valence-corrected chi connectivity index (χ1v) is 6.83. The number of likely N-dealkylation sites (N-methyl/N-ethyl adjacent to an activating group) is 1. The number of alkyl carbamates (subject to hydrolysis) is 1. The van der Waals surface area contributed by atoms with E-state index in [1.807, 2.05) is 6.07 Å². The van der Waals surface area contributed by atoms with Gasteiger partial charge in [0.1, 0.15) is 12.1 Å². The average molecular weight is 312 g/mol. The monoisotopic (exact) mass is 312 g/mol. The van der Waals surface area contributed by atoms with Gasteiger partial charge in [-0.05, 0) is 5.56 Å². The molecule has 2 rings (SSSR count). The molecule has 0 spiro atoms. The molecule has 1 N–H and O–H groups in total. The minimum atomic E-state index is -2.95. The van der Waals surface area contributed by atoms with Gasteiger partial charge >= 0.3 is 6.09 Å². The highest BCUT2D eigenvalue weighted by Crippen LogP contribution is 2.46. The fraction of sp³-hybridized carbons (Fsp3) is 0.467. The molecule has 1 aliphatic rings. The Morgan fingerprint density at radius 1 is 1.23 bits per heavy atom. The molecule has 0 saturated heterocycles. The van der Waals surface area contributed by atoms with Crippen molar-refractivity contribution in [2.75, 3.05) is 14.1 Å². The second kappa shape index (κ2) is 5.90. The van der Waals surface area contributed by atoms with Crippen LogP contribution in [0.25, 0.3) is 0 Å². The summed E-state index contributed by atoms with van der Waals surface area (Å²) >= 11 is 0. The Bertz CT molecular complexity index is 553. The molecule has 2 amide bonds. The minimum Gasteiger partial charge on any atom is -0.445 e. The van der Waals surface area contributed by atoms with Crippen molar-refractivity contribution in [3.05, 3.63) is 35.9 Å². The first-order valence-electron chi connectivity index (χ1n) is 6.83. The lowest BCUT2D eigenvalue weighted by Crippen LogP contribution is -2.69. The van der Waals surface area contributed by atoms with Gasteiger partial charge in [0.05, 0.1) is 0 Å². The molecule has 0 aromatic heterocycles.